The third-order valence-electron chi connectivity index (χ3n) is 3.16. The Labute approximate surface area is 107 Å². The van der Waals surface area contributed by atoms with Gasteiger partial charge in [0.2, 0.25) is 0 Å². The standard InChI is InChI=1S/C14H18O4/c1-14(2)9-17-13(18-12(14)8-15)10-4-6-11(16-3)7-5-10/h4-8,12-13H,9H2,1-3H3/t12-,13+/m0/s1. The molecule has 1 saturated heterocycles. The molecule has 4 heteroatoms. The van der Waals surface area contributed by atoms with Gasteiger partial charge in [0.15, 0.2) is 6.29 Å². The van der Waals surface area contributed by atoms with E-state index in [2.05, 4.69) is 0 Å². The topological polar surface area (TPSA) is 44.8 Å². The lowest BCUT2D eigenvalue weighted by molar-refractivity contribution is -0.253. The van der Waals surface area contributed by atoms with Crippen LogP contribution in [-0.2, 0) is 14.3 Å². The summed E-state index contributed by atoms with van der Waals surface area (Å²) in [6.45, 7) is 4.40. The van der Waals surface area contributed by atoms with Gasteiger partial charge >= 0.3 is 0 Å². The lowest BCUT2D eigenvalue weighted by Crippen LogP contribution is -2.43. The summed E-state index contributed by atoms with van der Waals surface area (Å²) in [5.74, 6) is 0.779. The molecule has 0 aliphatic carbocycles. The van der Waals surface area contributed by atoms with E-state index in [-0.39, 0.29) is 5.41 Å². The zero-order valence-electron chi connectivity index (χ0n) is 10.9. The van der Waals surface area contributed by atoms with Crippen LogP contribution in [0.2, 0.25) is 0 Å². The molecule has 1 aromatic carbocycles. The number of ether oxygens (including phenoxy) is 3. The molecule has 98 valence electrons. The zero-order valence-corrected chi connectivity index (χ0v) is 10.9. The molecule has 0 radical (unpaired) electrons. The summed E-state index contributed by atoms with van der Waals surface area (Å²) in [4.78, 5) is 11.1. The number of carbonyl (C=O) groups excluding carboxylic acids is 1. The second-order valence-electron chi connectivity index (χ2n) is 5.10. The van der Waals surface area contributed by atoms with E-state index < -0.39 is 12.4 Å². The molecular weight excluding hydrogens is 232 g/mol. The minimum Gasteiger partial charge on any atom is -0.497 e. The molecule has 2 atom stereocenters. The van der Waals surface area contributed by atoms with Gasteiger partial charge in [-0.25, -0.2) is 0 Å². The summed E-state index contributed by atoms with van der Waals surface area (Å²) in [5.41, 5.74) is 0.600. The summed E-state index contributed by atoms with van der Waals surface area (Å²) >= 11 is 0. The molecule has 0 aromatic heterocycles. The lowest BCUT2D eigenvalue weighted by Gasteiger charge is -2.39. The van der Waals surface area contributed by atoms with Crippen molar-refractivity contribution in [2.24, 2.45) is 5.41 Å². The Kier molecular flexibility index (Phi) is 3.68. The fraction of sp³-hybridized carbons (Fsp3) is 0.500. The molecule has 0 unspecified atom stereocenters. The van der Waals surface area contributed by atoms with E-state index in [9.17, 15) is 4.79 Å². The van der Waals surface area contributed by atoms with Crippen molar-refractivity contribution in [2.45, 2.75) is 26.2 Å². The third kappa shape index (κ3) is 2.54. The Morgan fingerprint density at radius 1 is 1.33 bits per heavy atom. The Hall–Kier alpha value is -1.39. The normalized spacial score (nSPS) is 26.6. The largest absolute Gasteiger partial charge is 0.497 e. The molecule has 1 heterocycles. The summed E-state index contributed by atoms with van der Waals surface area (Å²) in [6, 6.07) is 7.45. The van der Waals surface area contributed by atoms with E-state index in [0.29, 0.717) is 6.61 Å². The molecule has 4 nitrogen and oxygen atoms in total. The first-order chi connectivity index (χ1) is 8.56. The smallest absolute Gasteiger partial charge is 0.184 e. The van der Waals surface area contributed by atoms with Gasteiger partial charge in [-0.15, -0.1) is 0 Å². The minimum atomic E-state index is -0.487. The second kappa shape index (κ2) is 5.08. The zero-order chi connectivity index (χ0) is 13.2. The molecule has 1 aliphatic heterocycles. The average molecular weight is 250 g/mol. The van der Waals surface area contributed by atoms with E-state index in [1.165, 1.54) is 0 Å². The van der Waals surface area contributed by atoms with Crippen molar-refractivity contribution in [2.75, 3.05) is 13.7 Å². The van der Waals surface area contributed by atoms with Gasteiger partial charge in [-0.05, 0) is 12.1 Å². The predicted molar refractivity (Wildman–Crippen MR) is 66.4 cm³/mol. The fourth-order valence-electron chi connectivity index (χ4n) is 1.88. The highest BCUT2D eigenvalue weighted by molar-refractivity contribution is 5.57. The van der Waals surface area contributed by atoms with Crippen LogP contribution in [0.15, 0.2) is 24.3 Å². The van der Waals surface area contributed by atoms with Crippen LogP contribution in [0.4, 0.5) is 0 Å². The van der Waals surface area contributed by atoms with Crippen molar-refractivity contribution >= 4 is 6.29 Å². The van der Waals surface area contributed by atoms with E-state index in [1.54, 1.807) is 7.11 Å². The number of carbonyl (C=O) groups is 1. The van der Waals surface area contributed by atoms with Crippen molar-refractivity contribution in [1.82, 2.24) is 0 Å². The van der Waals surface area contributed by atoms with E-state index >= 15 is 0 Å². The van der Waals surface area contributed by atoms with Crippen molar-refractivity contribution < 1.29 is 19.0 Å². The fourth-order valence-corrected chi connectivity index (χ4v) is 1.88. The summed E-state index contributed by atoms with van der Waals surface area (Å²) in [6.07, 6.45) is -0.0866. The van der Waals surface area contributed by atoms with Crippen LogP contribution in [0.3, 0.4) is 0 Å². The van der Waals surface area contributed by atoms with Gasteiger partial charge in [0, 0.05) is 11.0 Å². The molecule has 18 heavy (non-hydrogen) atoms. The highest BCUT2D eigenvalue weighted by atomic mass is 16.7. The van der Waals surface area contributed by atoms with Crippen molar-refractivity contribution in [3.05, 3.63) is 29.8 Å². The Morgan fingerprint density at radius 2 is 2.00 bits per heavy atom. The molecule has 2 rings (SSSR count). The maximum Gasteiger partial charge on any atom is 0.184 e. The van der Waals surface area contributed by atoms with Gasteiger partial charge in [0.1, 0.15) is 18.1 Å². The minimum absolute atomic E-state index is 0.287. The second-order valence-corrected chi connectivity index (χ2v) is 5.10. The average Bonchev–Trinajstić information content (AvgIpc) is 2.39. The molecule has 1 aliphatic rings. The van der Waals surface area contributed by atoms with E-state index in [4.69, 9.17) is 14.2 Å². The van der Waals surface area contributed by atoms with Crippen molar-refractivity contribution in [1.29, 1.82) is 0 Å². The summed E-state index contributed by atoms with van der Waals surface area (Å²) < 4.78 is 16.4. The highest BCUT2D eigenvalue weighted by Gasteiger charge is 2.38. The maximum absolute atomic E-state index is 11.1. The molecule has 0 saturated carbocycles. The van der Waals surface area contributed by atoms with Crippen molar-refractivity contribution in [3.8, 4) is 5.75 Å². The summed E-state index contributed by atoms with van der Waals surface area (Å²) in [7, 11) is 1.62. The van der Waals surface area contributed by atoms with Crippen LogP contribution >= 0.6 is 0 Å². The number of methoxy groups -OCH3 is 1. The molecular formula is C14H18O4. The molecule has 0 bridgehead atoms. The van der Waals surface area contributed by atoms with Crippen molar-refractivity contribution in [3.63, 3.8) is 0 Å². The Bertz CT molecular complexity index is 410. The van der Waals surface area contributed by atoms with Gasteiger partial charge in [0.25, 0.3) is 0 Å². The van der Waals surface area contributed by atoms with Gasteiger partial charge in [-0.1, -0.05) is 26.0 Å². The van der Waals surface area contributed by atoms with Crippen LogP contribution in [0.5, 0.6) is 5.75 Å². The van der Waals surface area contributed by atoms with Gasteiger partial charge < -0.3 is 19.0 Å². The van der Waals surface area contributed by atoms with E-state index in [1.807, 2.05) is 38.1 Å². The van der Waals surface area contributed by atoms with E-state index in [0.717, 1.165) is 17.6 Å². The molecule has 0 N–H and O–H groups in total. The van der Waals surface area contributed by atoms with Crippen LogP contribution in [-0.4, -0.2) is 26.1 Å². The number of benzene rings is 1. The van der Waals surface area contributed by atoms with Gasteiger partial charge in [0.05, 0.1) is 13.7 Å². The Morgan fingerprint density at radius 3 is 2.56 bits per heavy atom. The first-order valence-corrected chi connectivity index (χ1v) is 5.93. The number of hydrogen-bond donors (Lipinski definition) is 0. The number of hydrogen-bond acceptors (Lipinski definition) is 4. The quantitative estimate of drug-likeness (QED) is 0.772. The van der Waals surface area contributed by atoms with Gasteiger partial charge in [-0.3, -0.25) is 0 Å². The molecule has 1 fully saturated rings. The summed E-state index contributed by atoms with van der Waals surface area (Å²) in [5, 5.41) is 0. The Balaban J connectivity index is 2.12. The van der Waals surface area contributed by atoms with Crippen LogP contribution in [0.1, 0.15) is 25.7 Å². The number of aldehydes is 1. The maximum atomic E-state index is 11.1. The SMILES string of the molecule is COc1ccc([C@@H]2OCC(C)(C)[C@H](C=O)O2)cc1. The van der Waals surface area contributed by atoms with Crippen LogP contribution in [0, 0.1) is 5.41 Å². The molecule has 1 aromatic rings. The number of rotatable bonds is 3. The highest BCUT2D eigenvalue weighted by Crippen LogP contribution is 2.35. The first-order valence-electron chi connectivity index (χ1n) is 5.93. The van der Waals surface area contributed by atoms with Gasteiger partial charge in [-0.2, -0.15) is 0 Å². The van der Waals surface area contributed by atoms with Crippen LogP contribution in [0.25, 0.3) is 0 Å². The van der Waals surface area contributed by atoms with Crippen LogP contribution < -0.4 is 4.74 Å². The molecule has 0 amide bonds. The monoisotopic (exact) mass is 250 g/mol. The third-order valence-corrected chi connectivity index (χ3v) is 3.16. The molecule has 0 spiro atoms. The lowest BCUT2D eigenvalue weighted by atomic mass is 9.87. The first kappa shape index (κ1) is 13.1. The predicted octanol–water partition coefficient (Wildman–Crippen LogP) is 2.33.